The number of amides is 4. The van der Waals surface area contributed by atoms with E-state index >= 15 is 0 Å². The average Bonchev–Trinajstić information content (AvgIpc) is 3.59. The van der Waals surface area contributed by atoms with E-state index in [4.69, 9.17) is 9.47 Å². The summed E-state index contributed by atoms with van der Waals surface area (Å²) in [5.74, 6) is -1.65. The number of ether oxygens (including phenoxy) is 2. The number of fused-ring (bicyclic) bond motifs is 1. The van der Waals surface area contributed by atoms with Gasteiger partial charge in [-0.15, -0.1) is 0 Å². The Labute approximate surface area is 252 Å². The zero-order chi connectivity index (χ0) is 31.7. The van der Waals surface area contributed by atoms with Gasteiger partial charge in [0.05, 0.1) is 13.2 Å². The van der Waals surface area contributed by atoms with E-state index in [1.807, 2.05) is 38.9 Å². The number of H-pyrrole nitrogens is 1. The monoisotopic (exact) mass is 600 g/mol. The quantitative estimate of drug-likeness (QED) is 0.239. The summed E-state index contributed by atoms with van der Waals surface area (Å²) in [7, 11) is 6.87. The highest BCUT2D eigenvalue weighted by atomic mass is 16.6. The maximum absolute atomic E-state index is 13.6. The van der Waals surface area contributed by atoms with Gasteiger partial charge in [-0.3, -0.25) is 19.2 Å². The summed E-state index contributed by atoms with van der Waals surface area (Å²) in [6.07, 6.45) is 0.201. The summed E-state index contributed by atoms with van der Waals surface area (Å²) in [4.78, 5) is 71.1. The lowest BCUT2D eigenvalue weighted by atomic mass is 9.95. The molecule has 3 atom stereocenters. The van der Waals surface area contributed by atoms with Gasteiger partial charge in [-0.2, -0.15) is 0 Å². The summed E-state index contributed by atoms with van der Waals surface area (Å²) in [5, 5.41) is 8.99. The van der Waals surface area contributed by atoms with Crippen LogP contribution >= 0.6 is 0 Å². The Bertz CT molecular complexity index is 1310. The number of nitrogens with zero attached hydrogens (tertiary/aromatic N) is 2. The van der Waals surface area contributed by atoms with Crippen LogP contribution in [0.5, 0.6) is 5.75 Å². The molecule has 43 heavy (non-hydrogen) atoms. The van der Waals surface area contributed by atoms with Gasteiger partial charge in [-0.1, -0.05) is 19.9 Å². The van der Waals surface area contributed by atoms with Crippen LogP contribution in [0.2, 0.25) is 0 Å². The first-order valence-electron chi connectivity index (χ1n) is 14.5. The Morgan fingerprint density at radius 2 is 1.81 bits per heavy atom. The van der Waals surface area contributed by atoms with Crippen LogP contribution in [0, 0.1) is 11.8 Å². The molecule has 1 aliphatic rings. The molecule has 4 N–H and O–H groups in total. The lowest BCUT2D eigenvalue weighted by molar-refractivity contribution is -0.131. The number of likely N-dealkylation sites (N-methyl/N-ethyl adjacent to an activating group) is 2. The zero-order valence-corrected chi connectivity index (χ0v) is 25.8. The topological polar surface area (TPSA) is 162 Å². The minimum Gasteiger partial charge on any atom is -0.496 e. The Hall–Kier alpha value is -4.13. The standard InChI is InChI=1S/C30H44N6O7/c1-18(2)14-23(34-29(40)24-16-20-21(32-24)8-7-9-26(20)42-6)28(39)33-22(15-19-10-11-31-27(19)38)25(37)17-43-30(41)36(5)13-12-35(3)4/h7-9,16,18-19,22-23,32H,10-15,17H2,1-6H3,(H,31,38)(H,33,39)(H,34,40)/t19-,22-,23-/m0/s1. The summed E-state index contributed by atoms with van der Waals surface area (Å²) in [5.41, 5.74) is 0.957. The van der Waals surface area contributed by atoms with Gasteiger partial charge < -0.3 is 40.2 Å². The lowest BCUT2D eigenvalue weighted by Crippen LogP contribution is -2.53. The third kappa shape index (κ3) is 9.43. The number of ketones is 1. The lowest BCUT2D eigenvalue weighted by Gasteiger charge is -2.25. The van der Waals surface area contributed by atoms with Gasteiger partial charge in [0.1, 0.15) is 17.5 Å². The second-order valence-corrected chi connectivity index (χ2v) is 11.6. The number of benzene rings is 1. The predicted molar refractivity (Wildman–Crippen MR) is 161 cm³/mol. The second kappa shape index (κ2) is 15.4. The van der Waals surface area contributed by atoms with E-state index in [0.29, 0.717) is 43.7 Å². The van der Waals surface area contributed by atoms with E-state index in [9.17, 15) is 24.0 Å². The predicted octanol–water partition coefficient (Wildman–Crippen LogP) is 1.53. The first-order chi connectivity index (χ1) is 20.4. The molecule has 1 aromatic carbocycles. The van der Waals surface area contributed by atoms with Crippen molar-refractivity contribution in [1.29, 1.82) is 0 Å². The third-order valence-corrected chi connectivity index (χ3v) is 7.34. The van der Waals surface area contributed by atoms with Crippen molar-refractivity contribution >= 4 is 40.5 Å². The molecule has 3 rings (SSSR count). The maximum Gasteiger partial charge on any atom is 0.409 e. The number of aromatic amines is 1. The van der Waals surface area contributed by atoms with Crippen LogP contribution in [0.4, 0.5) is 4.79 Å². The largest absolute Gasteiger partial charge is 0.496 e. The molecule has 0 saturated carbocycles. The molecule has 13 heteroatoms. The Kier molecular flexibility index (Phi) is 11.9. The number of aromatic nitrogens is 1. The van der Waals surface area contributed by atoms with Gasteiger partial charge in [-0.05, 0) is 57.5 Å². The van der Waals surface area contributed by atoms with Crippen molar-refractivity contribution in [2.24, 2.45) is 11.8 Å². The van der Waals surface area contributed by atoms with Crippen LogP contribution in [-0.2, 0) is 19.1 Å². The molecule has 0 radical (unpaired) electrons. The fourth-order valence-corrected chi connectivity index (χ4v) is 4.85. The van der Waals surface area contributed by atoms with Crippen LogP contribution in [0.25, 0.3) is 10.9 Å². The third-order valence-electron chi connectivity index (χ3n) is 7.34. The molecular weight excluding hydrogens is 556 g/mol. The van der Waals surface area contributed by atoms with Crippen LogP contribution in [0.1, 0.15) is 43.6 Å². The van der Waals surface area contributed by atoms with Crippen LogP contribution in [-0.4, -0.2) is 111 Å². The fourth-order valence-electron chi connectivity index (χ4n) is 4.85. The van der Waals surface area contributed by atoms with Gasteiger partial charge in [0.15, 0.2) is 12.4 Å². The van der Waals surface area contributed by atoms with Crippen LogP contribution < -0.4 is 20.7 Å². The first-order valence-corrected chi connectivity index (χ1v) is 14.5. The summed E-state index contributed by atoms with van der Waals surface area (Å²) < 4.78 is 10.6. The molecule has 236 valence electrons. The summed E-state index contributed by atoms with van der Waals surface area (Å²) >= 11 is 0. The number of carbonyl (C=O) groups excluding carboxylic acids is 5. The molecule has 13 nitrogen and oxygen atoms in total. The Morgan fingerprint density at radius 1 is 1.07 bits per heavy atom. The van der Waals surface area contributed by atoms with E-state index in [1.165, 1.54) is 4.90 Å². The molecule has 1 fully saturated rings. The van der Waals surface area contributed by atoms with E-state index in [0.717, 1.165) is 5.39 Å². The Balaban J connectivity index is 1.73. The summed E-state index contributed by atoms with van der Waals surface area (Å²) in [6.45, 7) is 4.76. The molecule has 1 aliphatic heterocycles. The van der Waals surface area contributed by atoms with Crippen molar-refractivity contribution in [3.05, 3.63) is 30.0 Å². The van der Waals surface area contributed by atoms with Gasteiger partial charge in [0, 0.05) is 43.5 Å². The van der Waals surface area contributed by atoms with E-state index in [-0.39, 0.29) is 23.9 Å². The molecule has 0 spiro atoms. The van der Waals surface area contributed by atoms with Gasteiger partial charge in [-0.25, -0.2) is 4.79 Å². The number of rotatable bonds is 15. The van der Waals surface area contributed by atoms with E-state index in [2.05, 4.69) is 20.9 Å². The van der Waals surface area contributed by atoms with E-state index < -0.39 is 48.3 Å². The average molecular weight is 601 g/mol. The fraction of sp³-hybridized carbons (Fsp3) is 0.567. The van der Waals surface area contributed by atoms with Gasteiger partial charge >= 0.3 is 6.09 Å². The smallest absolute Gasteiger partial charge is 0.409 e. The van der Waals surface area contributed by atoms with Crippen molar-refractivity contribution in [3.8, 4) is 5.75 Å². The number of Topliss-reactive ketones (excluding diaryl/α,β-unsaturated/α-hetero) is 1. The molecule has 2 aromatic rings. The molecule has 4 amide bonds. The Morgan fingerprint density at radius 3 is 2.44 bits per heavy atom. The molecule has 1 saturated heterocycles. The minimum absolute atomic E-state index is 0.0345. The second-order valence-electron chi connectivity index (χ2n) is 11.6. The van der Waals surface area contributed by atoms with Gasteiger partial charge in [0.25, 0.3) is 5.91 Å². The van der Waals surface area contributed by atoms with Crippen molar-refractivity contribution in [3.63, 3.8) is 0 Å². The number of hydrogen-bond acceptors (Lipinski definition) is 8. The van der Waals surface area contributed by atoms with Crippen molar-refractivity contribution in [1.82, 2.24) is 30.7 Å². The van der Waals surface area contributed by atoms with Crippen molar-refractivity contribution in [2.75, 3.05) is 54.5 Å². The highest BCUT2D eigenvalue weighted by Gasteiger charge is 2.34. The highest BCUT2D eigenvalue weighted by Crippen LogP contribution is 2.26. The minimum atomic E-state index is -1.09. The number of methoxy groups -OCH3 is 1. The zero-order valence-electron chi connectivity index (χ0n) is 25.8. The van der Waals surface area contributed by atoms with Crippen LogP contribution in [0.3, 0.4) is 0 Å². The van der Waals surface area contributed by atoms with Crippen LogP contribution in [0.15, 0.2) is 24.3 Å². The molecule has 1 aromatic heterocycles. The number of hydrogen-bond donors (Lipinski definition) is 4. The maximum atomic E-state index is 13.6. The molecule has 0 aliphatic carbocycles. The van der Waals surface area contributed by atoms with Gasteiger partial charge in [0.2, 0.25) is 11.8 Å². The normalized spacial score (nSPS) is 16.1. The number of nitrogens with one attached hydrogen (secondary N) is 4. The molecule has 0 unspecified atom stereocenters. The van der Waals surface area contributed by atoms with Crippen molar-refractivity contribution < 1.29 is 33.4 Å². The van der Waals surface area contributed by atoms with Crippen molar-refractivity contribution in [2.45, 2.75) is 45.2 Å². The SMILES string of the molecule is COc1cccc2[nH]c(C(=O)N[C@@H](CC(C)C)C(=O)N[C@@H](C[C@@H]3CCNC3=O)C(=O)COC(=O)N(C)CCN(C)C)cc12. The molecule has 2 heterocycles. The summed E-state index contributed by atoms with van der Waals surface area (Å²) in [6, 6.07) is 5.00. The molecular formula is C30H44N6O7. The molecule has 0 bridgehead atoms. The number of carbonyl (C=O) groups is 5. The van der Waals surface area contributed by atoms with E-state index in [1.54, 1.807) is 32.4 Å². The first kappa shape index (κ1) is 33.4. The highest BCUT2D eigenvalue weighted by molar-refractivity contribution is 6.02.